The average molecular weight is 885 g/mol. The SMILES string of the molecule is CC(C)(C)OC(=O)N1CCC[C@H]1c1ncc(-c2ccc(-c3ccc(-c4cnc([C@@H]5CCCN5C(=O)OC(C)(C)C)n4COCC[Si](C)(C)C)cc3)cc2)n1COCC[Si](C)(C)C. The van der Waals surface area contributed by atoms with Gasteiger partial charge in [-0.2, -0.15) is 0 Å². The molecule has 2 fully saturated rings. The van der Waals surface area contributed by atoms with Crippen molar-refractivity contribution in [3.63, 3.8) is 0 Å². The van der Waals surface area contributed by atoms with Gasteiger partial charge < -0.3 is 28.1 Å². The minimum absolute atomic E-state index is 0.192. The number of carbonyl (C=O) groups excluding carboxylic acids is 2. The first-order chi connectivity index (χ1) is 29.1. The first-order valence-electron chi connectivity index (χ1n) is 22.5. The van der Waals surface area contributed by atoms with E-state index in [4.69, 9.17) is 28.9 Å². The zero-order chi connectivity index (χ0) is 45.0. The van der Waals surface area contributed by atoms with Crippen molar-refractivity contribution in [2.24, 2.45) is 0 Å². The molecule has 12 nitrogen and oxygen atoms in total. The summed E-state index contributed by atoms with van der Waals surface area (Å²) < 4.78 is 28.6. The number of hydrogen-bond donors (Lipinski definition) is 0. The van der Waals surface area contributed by atoms with Crippen molar-refractivity contribution >= 4 is 28.3 Å². The Balaban J connectivity index is 1.24. The summed E-state index contributed by atoms with van der Waals surface area (Å²) in [4.78, 5) is 40.2. The van der Waals surface area contributed by atoms with Crippen molar-refractivity contribution < 1.29 is 28.5 Å². The molecule has 2 aliphatic heterocycles. The maximum atomic E-state index is 13.3. The summed E-state index contributed by atoms with van der Waals surface area (Å²) in [6, 6.07) is 18.9. The van der Waals surface area contributed by atoms with E-state index in [1.807, 2.05) is 63.7 Å². The third-order valence-corrected chi connectivity index (χ3v) is 14.7. The Labute approximate surface area is 372 Å². The van der Waals surface area contributed by atoms with Gasteiger partial charge in [-0.3, -0.25) is 9.80 Å². The van der Waals surface area contributed by atoms with Crippen molar-refractivity contribution in [3.05, 3.63) is 72.6 Å². The van der Waals surface area contributed by atoms with Crippen molar-refractivity contribution in [2.75, 3.05) is 26.3 Å². The summed E-state index contributed by atoms with van der Waals surface area (Å²) in [6.45, 7) is 28.9. The monoisotopic (exact) mass is 885 g/mol. The standard InChI is InChI=1S/C48H72N6O6Si2/c1-47(2,3)59-45(55)51-25-13-15-39(51)43-49-31-41(53(43)33-57-27-29-61(7,8)9)37-21-17-35(18-22-37)36-19-23-38(24-20-36)42-32-50-44(54(42)34-58-28-30-62(10,11)12)40-16-14-26-52(40)46(56)60-48(4,5)6/h17-24,31-32,39-40H,13-16,25-30,33-34H2,1-12H3/t39-,40-/m0/s1. The van der Waals surface area contributed by atoms with Gasteiger partial charge in [0.2, 0.25) is 0 Å². The van der Waals surface area contributed by atoms with Crippen molar-refractivity contribution in [2.45, 2.75) is 155 Å². The van der Waals surface area contributed by atoms with E-state index in [1.54, 1.807) is 0 Å². The normalized spacial score (nSPS) is 17.5. The fourth-order valence-corrected chi connectivity index (χ4v) is 9.44. The Morgan fingerprint density at radius 3 is 1.24 bits per heavy atom. The van der Waals surface area contributed by atoms with E-state index < -0.39 is 27.3 Å². The molecule has 0 radical (unpaired) electrons. The molecule has 0 N–H and O–H groups in total. The molecule has 2 amide bonds. The highest BCUT2D eigenvalue weighted by Crippen LogP contribution is 2.38. The topological polar surface area (TPSA) is 113 Å². The third kappa shape index (κ3) is 12.5. The number of nitrogens with zero attached hydrogens (tertiary/aromatic N) is 6. The zero-order valence-electron chi connectivity index (χ0n) is 39.5. The molecule has 0 spiro atoms. The van der Waals surface area contributed by atoms with E-state index in [1.165, 1.54) is 0 Å². The van der Waals surface area contributed by atoms with Crippen LogP contribution in [0.2, 0.25) is 51.4 Å². The first-order valence-corrected chi connectivity index (χ1v) is 30.0. The summed E-state index contributed by atoms with van der Waals surface area (Å²) in [7, 11) is -2.57. The molecule has 4 aromatic rings. The van der Waals surface area contributed by atoms with Crippen LogP contribution in [0.1, 0.15) is 91.0 Å². The highest BCUT2D eigenvalue weighted by atomic mass is 28.3. The Morgan fingerprint density at radius 2 is 0.919 bits per heavy atom. The molecule has 2 aromatic carbocycles. The maximum absolute atomic E-state index is 13.3. The van der Waals surface area contributed by atoms with Gasteiger partial charge in [-0.1, -0.05) is 87.8 Å². The quantitative estimate of drug-likeness (QED) is 0.0857. The molecule has 338 valence electrons. The van der Waals surface area contributed by atoms with Crippen LogP contribution < -0.4 is 0 Å². The minimum atomic E-state index is -1.29. The number of rotatable bonds is 15. The molecule has 0 unspecified atom stereocenters. The summed E-state index contributed by atoms with van der Waals surface area (Å²) in [5, 5.41) is 0. The molecule has 0 bridgehead atoms. The Hall–Kier alpha value is -4.25. The number of benzene rings is 2. The fraction of sp³-hybridized carbons (Fsp3) is 0.583. The van der Waals surface area contributed by atoms with Crippen molar-refractivity contribution in [1.29, 1.82) is 0 Å². The van der Waals surface area contributed by atoms with Crippen LogP contribution in [-0.2, 0) is 32.4 Å². The van der Waals surface area contributed by atoms with Crippen LogP contribution >= 0.6 is 0 Å². The summed E-state index contributed by atoms with van der Waals surface area (Å²) in [6.07, 6.45) is 6.63. The second-order valence-corrected chi connectivity index (χ2v) is 32.6. The Kier molecular flexibility index (Phi) is 14.7. The predicted octanol–water partition coefficient (Wildman–Crippen LogP) is 11.8. The van der Waals surface area contributed by atoms with Gasteiger partial charge in [0.15, 0.2) is 0 Å². The molecule has 6 rings (SSSR count). The van der Waals surface area contributed by atoms with Gasteiger partial charge in [0.1, 0.15) is 36.3 Å². The molecule has 2 aliphatic rings. The lowest BCUT2D eigenvalue weighted by atomic mass is 10.0. The lowest BCUT2D eigenvalue weighted by Crippen LogP contribution is -2.37. The van der Waals surface area contributed by atoms with E-state index in [-0.39, 0.29) is 24.3 Å². The number of ether oxygens (including phenoxy) is 4. The molecule has 0 saturated carbocycles. The molecule has 0 aliphatic carbocycles. The molecule has 4 heterocycles. The van der Waals surface area contributed by atoms with E-state index in [2.05, 4.69) is 96.9 Å². The number of hydrogen-bond acceptors (Lipinski definition) is 8. The van der Waals surface area contributed by atoms with Gasteiger partial charge in [-0.25, -0.2) is 19.6 Å². The summed E-state index contributed by atoms with van der Waals surface area (Å²) in [5.41, 5.74) is 4.98. The molecule has 2 saturated heterocycles. The molecular weight excluding hydrogens is 813 g/mol. The van der Waals surface area contributed by atoms with Crippen LogP contribution in [0, 0.1) is 0 Å². The molecular formula is C48H72N6O6Si2. The van der Waals surface area contributed by atoms with Crippen molar-refractivity contribution in [1.82, 2.24) is 28.9 Å². The number of aromatic nitrogens is 4. The zero-order valence-corrected chi connectivity index (χ0v) is 41.5. The van der Waals surface area contributed by atoms with E-state index in [9.17, 15) is 9.59 Å². The largest absolute Gasteiger partial charge is 0.444 e. The lowest BCUT2D eigenvalue weighted by Gasteiger charge is -2.29. The van der Waals surface area contributed by atoms with Crippen LogP contribution in [0.25, 0.3) is 33.6 Å². The molecule has 62 heavy (non-hydrogen) atoms. The highest BCUT2D eigenvalue weighted by Gasteiger charge is 2.38. The number of likely N-dealkylation sites (tertiary alicyclic amines) is 2. The second-order valence-electron chi connectivity index (χ2n) is 21.4. The maximum Gasteiger partial charge on any atom is 0.410 e. The van der Waals surface area contributed by atoms with Crippen molar-refractivity contribution in [3.8, 4) is 33.6 Å². The van der Waals surface area contributed by atoms with Crippen LogP contribution in [0.4, 0.5) is 9.59 Å². The van der Waals surface area contributed by atoms with Gasteiger partial charge in [-0.15, -0.1) is 0 Å². The third-order valence-electron chi connectivity index (χ3n) is 11.3. The van der Waals surface area contributed by atoms with E-state index in [0.29, 0.717) is 39.8 Å². The number of amides is 2. The van der Waals surface area contributed by atoms with E-state index in [0.717, 1.165) is 83.1 Å². The summed E-state index contributed by atoms with van der Waals surface area (Å²) in [5.74, 6) is 1.65. The molecule has 2 aromatic heterocycles. The van der Waals surface area contributed by atoms with Crippen LogP contribution in [0.15, 0.2) is 60.9 Å². The lowest BCUT2D eigenvalue weighted by molar-refractivity contribution is 0.0195. The van der Waals surface area contributed by atoms with Crippen LogP contribution in [0.3, 0.4) is 0 Å². The first kappa shape index (κ1) is 47.2. The minimum Gasteiger partial charge on any atom is -0.444 e. The second kappa shape index (κ2) is 19.2. The van der Waals surface area contributed by atoms with Gasteiger partial charge in [-0.05, 0) is 102 Å². The fourth-order valence-electron chi connectivity index (χ4n) is 7.93. The smallest absolute Gasteiger partial charge is 0.410 e. The van der Waals surface area contributed by atoms with Gasteiger partial charge in [0.05, 0.1) is 35.9 Å². The Bertz CT molecular complexity index is 1970. The molecule has 14 heteroatoms. The highest BCUT2D eigenvalue weighted by molar-refractivity contribution is 6.76. The summed E-state index contributed by atoms with van der Waals surface area (Å²) >= 11 is 0. The Morgan fingerprint density at radius 1 is 0.581 bits per heavy atom. The van der Waals surface area contributed by atoms with Gasteiger partial charge in [0, 0.05) is 42.5 Å². The predicted molar refractivity (Wildman–Crippen MR) is 252 cm³/mol. The van der Waals surface area contributed by atoms with Crippen LogP contribution in [-0.4, -0.2) is 94.7 Å². The van der Waals surface area contributed by atoms with Gasteiger partial charge >= 0.3 is 12.2 Å². The number of carbonyl (C=O) groups is 2. The molecule has 2 atom stereocenters. The number of imidazole rings is 2. The average Bonchev–Trinajstić information content (AvgIpc) is 3.99. The van der Waals surface area contributed by atoms with Crippen LogP contribution in [0.5, 0.6) is 0 Å². The van der Waals surface area contributed by atoms with Gasteiger partial charge in [0.25, 0.3) is 0 Å². The van der Waals surface area contributed by atoms with E-state index >= 15 is 0 Å².